The van der Waals surface area contributed by atoms with Crippen LogP contribution in [-0.4, -0.2) is 39.1 Å². The fraction of sp³-hybridized carbons (Fsp3) is 0.292. The van der Waals surface area contributed by atoms with Gasteiger partial charge in [-0.15, -0.1) is 0 Å². The van der Waals surface area contributed by atoms with Crippen LogP contribution in [0.4, 0.5) is 11.4 Å². The first-order valence-electron chi connectivity index (χ1n) is 9.96. The fourth-order valence-corrected chi connectivity index (χ4v) is 3.41. The summed E-state index contributed by atoms with van der Waals surface area (Å²) in [4.78, 5) is 28.2. The zero-order chi connectivity index (χ0) is 22.5. The van der Waals surface area contributed by atoms with Gasteiger partial charge in [0.25, 0.3) is 0 Å². The number of ketones is 1. The maximum absolute atomic E-state index is 12.6. The summed E-state index contributed by atoms with van der Waals surface area (Å²) in [5.41, 5.74) is 2.87. The van der Waals surface area contributed by atoms with E-state index < -0.39 is 18.4 Å². The maximum Gasteiger partial charge on any atom is 0.344 e. The predicted molar refractivity (Wildman–Crippen MR) is 118 cm³/mol. The Morgan fingerprint density at radius 3 is 2.06 bits per heavy atom. The molecule has 3 rings (SSSR count). The number of hydrogen-bond donors (Lipinski definition) is 0. The van der Waals surface area contributed by atoms with Crippen molar-refractivity contribution in [3.05, 3.63) is 65.5 Å². The van der Waals surface area contributed by atoms with E-state index in [0.29, 0.717) is 17.5 Å². The highest BCUT2D eigenvalue weighted by Crippen LogP contribution is 2.40. The minimum absolute atomic E-state index is 0.0702. The zero-order valence-electron chi connectivity index (χ0n) is 18.1. The molecule has 1 aliphatic rings. The van der Waals surface area contributed by atoms with Crippen molar-refractivity contribution in [3.63, 3.8) is 0 Å². The zero-order valence-corrected chi connectivity index (χ0v) is 18.1. The van der Waals surface area contributed by atoms with Crippen LogP contribution in [-0.2, 0) is 14.3 Å². The van der Waals surface area contributed by atoms with Gasteiger partial charge in [0.05, 0.1) is 11.4 Å². The van der Waals surface area contributed by atoms with E-state index in [0.717, 1.165) is 11.4 Å². The molecule has 0 aromatic heterocycles. The first-order chi connectivity index (χ1) is 14.8. The number of hydrogen-bond acceptors (Lipinski definition) is 7. The summed E-state index contributed by atoms with van der Waals surface area (Å²) in [6.07, 6.45) is 0. The first kappa shape index (κ1) is 21.9. The largest absolute Gasteiger partial charge is 0.482 e. The minimum atomic E-state index is -0.681. The van der Waals surface area contributed by atoms with Crippen molar-refractivity contribution in [1.29, 1.82) is 5.26 Å². The Morgan fingerprint density at radius 2 is 1.55 bits per heavy atom. The van der Waals surface area contributed by atoms with Gasteiger partial charge >= 0.3 is 5.97 Å². The molecule has 0 saturated heterocycles. The predicted octanol–water partition coefficient (Wildman–Crippen LogP) is 3.62. The summed E-state index contributed by atoms with van der Waals surface area (Å²) in [5.74, 6) is 0.142. The van der Waals surface area contributed by atoms with Gasteiger partial charge in [-0.25, -0.2) is 4.79 Å². The molecule has 0 saturated carbocycles. The molecule has 0 amide bonds. The van der Waals surface area contributed by atoms with Crippen molar-refractivity contribution >= 4 is 23.1 Å². The molecule has 7 heteroatoms. The Hall–Kier alpha value is -3.79. The second-order valence-corrected chi connectivity index (χ2v) is 7.51. The second-order valence-electron chi connectivity index (χ2n) is 7.51. The molecule has 1 heterocycles. The lowest BCUT2D eigenvalue weighted by atomic mass is 10.0. The van der Waals surface area contributed by atoms with Crippen LogP contribution < -0.4 is 14.5 Å². The van der Waals surface area contributed by atoms with E-state index in [2.05, 4.69) is 13.8 Å². The van der Waals surface area contributed by atoms with E-state index in [1.54, 1.807) is 36.0 Å². The Labute approximate surface area is 182 Å². The molecule has 0 fully saturated rings. The van der Waals surface area contributed by atoms with Crippen LogP contribution in [0.5, 0.6) is 5.75 Å². The summed E-state index contributed by atoms with van der Waals surface area (Å²) in [5, 5.41) is 9.60. The van der Waals surface area contributed by atoms with E-state index >= 15 is 0 Å². The van der Waals surface area contributed by atoms with Gasteiger partial charge < -0.3 is 19.3 Å². The molecule has 1 aliphatic heterocycles. The molecule has 7 nitrogen and oxygen atoms in total. The Balaban J connectivity index is 1.60. The SMILES string of the molecule is CC(C)c1ccc(OCC(=O)OCC(=O)C(C#N)=C2N(C)c3ccccc3N2C)cc1. The quantitative estimate of drug-likeness (QED) is 0.385. The van der Waals surface area contributed by atoms with Gasteiger partial charge in [0.1, 0.15) is 23.2 Å². The normalized spacial score (nSPS) is 12.5. The molecule has 0 bridgehead atoms. The average molecular weight is 419 g/mol. The van der Waals surface area contributed by atoms with Crippen LogP contribution in [0.3, 0.4) is 0 Å². The number of carbonyl (C=O) groups is 2. The minimum Gasteiger partial charge on any atom is -0.482 e. The van der Waals surface area contributed by atoms with Crippen molar-refractivity contribution < 1.29 is 19.1 Å². The number of benzene rings is 2. The molecule has 0 atom stereocenters. The molecule has 31 heavy (non-hydrogen) atoms. The number of ether oxygens (including phenoxy) is 2. The Kier molecular flexibility index (Phi) is 6.61. The summed E-state index contributed by atoms with van der Waals surface area (Å²) >= 11 is 0. The lowest BCUT2D eigenvalue weighted by Gasteiger charge is -2.19. The number of Topliss-reactive ketones (excluding diaryl/α,β-unsaturated/α-hetero) is 1. The molecule has 2 aromatic rings. The average Bonchev–Trinajstić information content (AvgIpc) is 3.02. The number of nitrogens with zero attached hydrogens (tertiary/aromatic N) is 3. The molecular formula is C24H25N3O4. The van der Waals surface area contributed by atoms with Crippen LogP contribution in [0.15, 0.2) is 59.9 Å². The lowest BCUT2D eigenvalue weighted by molar-refractivity contribution is -0.149. The topological polar surface area (TPSA) is 82.9 Å². The molecular weight excluding hydrogens is 394 g/mol. The fourth-order valence-electron chi connectivity index (χ4n) is 3.41. The lowest BCUT2D eigenvalue weighted by Crippen LogP contribution is -2.28. The summed E-state index contributed by atoms with van der Waals surface area (Å²) < 4.78 is 10.5. The van der Waals surface area contributed by atoms with Gasteiger partial charge in [-0.05, 0) is 35.7 Å². The maximum atomic E-state index is 12.6. The molecule has 2 aromatic carbocycles. The van der Waals surface area contributed by atoms with Crippen LogP contribution in [0, 0.1) is 11.3 Å². The summed E-state index contributed by atoms with van der Waals surface area (Å²) in [6, 6.07) is 17.0. The third-order valence-electron chi connectivity index (χ3n) is 5.12. The third kappa shape index (κ3) is 4.69. The van der Waals surface area contributed by atoms with Crippen molar-refractivity contribution in [2.24, 2.45) is 0 Å². The monoisotopic (exact) mass is 419 g/mol. The number of esters is 1. The van der Waals surface area contributed by atoms with Crippen molar-refractivity contribution in [2.45, 2.75) is 19.8 Å². The number of nitriles is 1. The van der Waals surface area contributed by atoms with E-state index in [4.69, 9.17) is 9.47 Å². The third-order valence-corrected chi connectivity index (χ3v) is 5.12. The van der Waals surface area contributed by atoms with Gasteiger partial charge in [-0.3, -0.25) is 4.79 Å². The van der Waals surface area contributed by atoms with E-state index in [-0.39, 0.29) is 12.2 Å². The van der Waals surface area contributed by atoms with Crippen molar-refractivity contribution in [2.75, 3.05) is 37.1 Å². The number of anilines is 2. The van der Waals surface area contributed by atoms with Crippen LogP contribution in [0.25, 0.3) is 0 Å². The van der Waals surface area contributed by atoms with Crippen LogP contribution in [0.2, 0.25) is 0 Å². The second kappa shape index (κ2) is 9.35. The number of fused-ring (bicyclic) bond motifs is 1. The standard InChI is InChI=1S/C24H25N3O4/c1-16(2)17-9-11-18(12-10-17)30-15-23(29)31-14-22(28)19(13-25)24-26(3)20-7-5-6-8-21(20)27(24)4/h5-12,16H,14-15H2,1-4H3. The van der Waals surface area contributed by atoms with Gasteiger partial charge in [0.15, 0.2) is 13.2 Å². The molecule has 0 aliphatic carbocycles. The highest BCUT2D eigenvalue weighted by molar-refractivity contribution is 6.03. The summed E-state index contributed by atoms with van der Waals surface area (Å²) in [7, 11) is 3.57. The van der Waals surface area contributed by atoms with Gasteiger partial charge in [-0.2, -0.15) is 5.26 Å². The number of rotatable bonds is 7. The molecule has 0 unspecified atom stereocenters. The molecule has 160 valence electrons. The number of para-hydroxylation sites is 2. The van der Waals surface area contributed by atoms with E-state index in [1.807, 2.05) is 42.5 Å². The van der Waals surface area contributed by atoms with Crippen LogP contribution in [0.1, 0.15) is 25.3 Å². The Bertz CT molecular complexity index is 1020. The molecule has 0 radical (unpaired) electrons. The van der Waals surface area contributed by atoms with Gasteiger partial charge in [-0.1, -0.05) is 38.1 Å². The highest BCUT2D eigenvalue weighted by Gasteiger charge is 2.31. The van der Waals surface area contributed by atoms with Crippen LogP contribution >= 0.6 is 0 Å². The van der Waals surface area contributed by atoms with Gasteiger partial charge in [0, 0.05) is 14.1 Å². The Morgan fingerprint density at radius 1 is 0.968 bits per heavy atom. The van der Waals surface area contributed by atoms with E-state index in [1.165, 1.54) is 5.56 Å². The summed E-state index contributed by atoms with van der Waals surface area (Å²) in [6.45, 7) is 3.33. The number of carbonyl (C=O) groups excluding carboxylic acids is 2. The van der Waals surface area contributed by atoms with E-state index in [9.17, 15) is 14.9 Å². The highest BCUT2D eigenvalue weighted by atomic mass is 16.6. The van der Waals surface area contributed by atoms with Crippen molar-refractivity contribution in [1.82, 2.24) is 0 Å². The van der Waals surface area contributed by atoms with Gasteiger partial charge in [0.2, 0.25) is 5.78 Å². The first-order valence-corrected chi connectivity index (χ1v) is 9.96. The van der Waals surface area contributed by atoms with Crippen molar-refractivity contribution in [3.8, 4) is 11.8 Å². The smallest absolute Gasteiger partial charge is 0.344 e. The molecule has 0 N–H and O–H groups in total. The molecule has 0 spiro atoms.